The second kappa shape index (κ2) is 6.45. The van der Waals surface area contributed by atoms with Crippen molar-refractivity contribution in [3.05, 3.63) is 35.8 Å². The van der Waals surface area contributed by atoms with Gasteiger partial charge < -0.3 is 14.2 Å². The molecule has 0 N–H and O–H groups in total. The molecule has 104 valence electrons. The third-order valence-electron chi connectivity index (χ3n) is 3.05. The van der Waals surface area contributed by atoms with Crippen LogP contribution in [0, 0.1) is 0 Å². The number of rotatable bonds is 6. The fourth-order valence-electron chi connectivity index (χ4n) is 2.00. The average molecular weight is 264 g/mol. The quantitative estimate of drug-likeness (QED) is 0.418. The lowest BCUT2D eigenvalue weighted by molar-refractivity contribution is -0.244. The van der Waals surface area contributed by atoms with E-state index in [4.69, 9.17) is 14.2 Å². The van der Waals surface area contributed by atoms with Gasteiger partial charge in [-0.1, -0.05) is 6.58 Å². The molecule has 0 spiro atoms. The van der Waals surface area contributed by atoms with Gasteiger partial charge in [-0.2, -0.15) is 0 Å². The largest absolute Gasteiger partial charge is 0.428 e. The van der Waals surface area contributed by atoms with Crippen LogP contribution in [0.1, 0.15) is 45.4 Å². The summed E-state index contributed by atoms with van der Waals surface area (Å²) in [4.78, 5) is 11.6. The van der Waals surface area contributed by atoms with Crippen molar-refractivity contribution in [3.63, 3.8) is 0 Å². The molecule has 0 heterocycles. The first-order valence-electron chi connectivity index (χ1n) is 6.73. The molecule has 2 aliphatic carbocycles. The van der Waals surface area contributed by atoms with Crippen LogP contribution in [0.25, 0.3) is 0 Å². The summed E-state index contributed by atoms with van der Waals surface area (Å²) >= 11 is 0. The zero-order valence-electron chi connectivity index (χ0n) is 11.3. The smallest absolute Gasteiger partial charge is 0.408 e. The van der Waals surface area contributed by atoms with Crippen molar-refractivity contribution in [3.8, 4) is 0 Å². The molecule has 0 aliphatic heterocycles. The highest BCUT2D eigenvalue weighted by atomic mass is 16.9. The van der Waals surface area contributed by atoms with Crippen LogP contribution in [0.15, 0.2) is 35.8 Å². The van der Waals surface area contributed by atoms with Gasteiger partial charge in [-0.05, 0) is 44.8 Å². The summed E-state index contributed by atoms with van der Waals surface area (Å²) in [6.07, 6.45) is 9.88. The fourth-order valence-corrected chi connectivity index (χ4v) is 2.00. The highest BCUT2D eigenvalue weighted by Gasteiger charge is 2.22. The molecular weight excluding hydrogens is 244 g/mol. The van der Waals surface area contributed by atoms with Gasteiger partial charge in [0.25, 0.3) is 0 Å². The molecule has 0 fully saturated rings. The highest BCUT2D eigenvalue weighted by Crippen LogP contribution is 2.25. The summed E-state index contributed by atoms with van der Waals surface area (Å²) < 4.78 is 16.4. The molecule has 0 aromatic heterocycles. The maximum Gasteiger partial charge on any atom is 0.408 e. The molecule has 19 heavy (non-hydrogen) atoms. The summed E-state index contributed by atoms with van der Waals surface area (Å²) in [6, 6.07) is 0. The van der Waals surface area contributed by atoms with Crippen LogP contribution in [-0.2, 0) is 19.0 Å². The lowest BCUT2D eigenvalue weighted by Gasteiger charge is -2.21. The van der Waals surface area contributed by atoms with Crippen LogP contribution < -0.4 is 0 Å². The number of hydrogen-bond donors (Lipinski definition) is 0. The second-order valence-corrected chi connectivity index (χ2v) is 4.84. The van der Waals surface area contributed by atoms with Gasteiger partial charge in [-0.15, -0.1) is 0 Å². The van der Waals surface area contributed by atoms with Gasteiger partial charge in [0.1, 0.15) is 11.5 Å². The summed E-state index contributed by atoms with van der Waals surface area (Å²) in [6.45, 7) is 4.16. The first-order chi connectivity index (χ1) is 9.15. The van der Waals surface area contributed by atoms with E-state index in [1.165, 1.54) is 0 Å². The van der Waals surface area contributed by atoms with Gasteiger partial charge in [0.15, 0.2) is 0 Å². The van der Waals surface area contributed by atoms with Crippen molar-refractivity contribution in [2.24, 2.45) is 0 Å². The Hall–Kier alpha value is -1.71. The molecule has 0 atom stereocenters. The number of carbonyl (C=O) groups excluding carboxylic acids is 1. The minimum absolute atomic E-state index is 0.331. The van der Waals surface area contributed by atoms with Gasteiger partial charge in [0.05, 0.1) is 0 Å². The Morgan fingerprint density at radius 3 is 2.05 bits per heavy atom. The Kier molecular flexibility index (Phi) is 4.66. The molecule has 4 heteroatoms. The van der Waals surface area contributed by atoms with Gasteiger partial charge >= 0.3 is 12.4 Å². The molecule has 0 aromatic rings. The third kappa shape index (κ3) is 4.16. The predicted molar refractivity (Wildman–Crippen MR) is 70.7 cm³/mol. The Balaban J connectivity index is 1.94. The van der Waals surface area contributed by atoms with Gasteiger partial charge in [0, 0.05) is 18.4 Å². The van der Waals surface area contributed by atoms with E-state index in [-0.39, 0.29) is 0 Å². The fraction of sp³-hybridized carbons (Fsp3) is 0.533. The maximum absolute atomic E-state index is 11.6. The Labute approximate surface area is 113 Å². The van der Waals surface area contributed by atoms with E-state index in [0.717, 1.165) is 50.0 Å². The van der Waals surface area contributed by atoms with Crippen molar-refractivity contribution in [1.82, 2.24) is 0 Å². The number of allylic oxidation sites excluding steroid dienone is 4. The number of ether oxygens (including phenoxy) is 3. The summed E-state index contributed by atoms with van der Waals surface area (Å²) in [5.41, 5.74) is 0.331. The molecule has 0 saturated heterocycles. The van der Waals surface area contributed by atoms with E-state index in [9.17, 15) is 4.79 Å². The van der Waals surface area contributed by atoms with Crippen LogP contribution in [0.3, 0.4) is 0 Å². The summed E-state index contributed by atoms with van der Waals surface area (Å²) in [5, 5.41) is 0. The molecule has 2 rings (SSSR count). The van der Waals surface area contributed by atoms with Crippen LogP contribution in [0.5, 0.6) is 0 Å². The average Bonchev–Trinajstić information content (AvgIpc) is 3.01. The Morgan fingerprint density at radius 2 is 1.68 bits per heavy atom. The molecule has 4 nitrogen and oxygen atoms in total. The monoisotopic (exact) mass is 264 g/mol. The topological polar surface area (TPSA) is 44.8 Å². The number of esters is 1. The number of hydrogen-bond acceptors (Lipinski definition) is 4. The van der Waals surface area contributed by atoms with Crippen LogP contribution in [0.4, 0.5) is 0 Å². The van der Waals surface area contributed by atoms with Crippen molar-refractivity contribution in [1.29, 1.82) is 0 Å². The molecule has 0 bridgehead atoms. The maximum atomic E-state index is 11.6. The zero-order chi connectivity index (χ0) is 13.7. The minimum atomic E-state index is -1.00. The van der Waals surface area contributed by atoms with Crippen molar-refractivity contribution < 1.29 is 19.0 Å². The zero-order valence-corrected chi connectivity index (χ0v) is 11.3. The third-order valence-corrected chi connectivity index (χ3v) is 3.05. The minimum Gasteiger partial charge on any atom is -0.428 e. The van der Waals surface area contributed by atoms with Crippen molar-refractivity contribution >= 4 is 5.97 Å². The predicted octanol–water partition coefficient (Wildman–Crippen LogP) is 3.56. The molecule has 2 aliphatic rings. The van der Waals surface area contributed by atoms with Gasteiger partial charge in [-0.3, -0.25) is 0 Å². The SMILES string of the molecule is C=C(C)C(=O)OC(OC1=CCCC1)OC1=CCCC1. The van der Waals surface area contributed by atoms with Crippen molar-refractivity contribution in [2.45, 2.75) is 51.9 Å². The Morgan fingerprint density at radius 1 is 1.16 bits per heavy atom. The van der Waals surface area contributed by atoms with Crippen molar-refractivity contribution in [2.75, 3.05) is 0 Å². The summed E-state index contributed by atoms with van der Waals surface area (Å²) in [5.74, 6) is 1.17. The highest BCUT2D eigenvalue weighted by molar-refractivity contribution is 5.86. The van der Waals surface area contributed by atoms with Gasteiger partial charge in [-0.25, -0.2) is 4.79 Å². The van der Waals surface area contributed by atoms with E-state index in [2.05, 4.69) is 6.58 Å². The standard InChI is InChI=1S/C15H20O4/c1-11(2)14(16)19-15(17-12-7-3-4-8-12)18-13-9-5-6-10-13/h7,9,15H,1,3-6,8,10H2,2H3. The lowest BCUT2D eigenvalue weighted by Crippen LogP contribution is -2.24. The van der Waals surface area contributed by atoms with Gasteiger partial charge in [0.2, 0.25) is 0 Å². The number of carbonyl (C=O) groups is 1. The molecular formula is C15H20O4. The van der Waals surface area contributed by atoms with E-state index in [1.54, 1.807) is 6.92 Å². The summed E-state index contributed by atoms with van der Waals surface area (Å²) in [7, 11) is 0. The lowest BCUT2D eigenvalue weighted by atomic mass is 10.3. The van der Waals surface area contributed by atoms with E-state index in [1.807, 2.05) is 12.2 Å². The van der Waals surface area contributed by atoms with Crippen LogP contribution >= 0.6 is 0 Å². The molecule has 0 aromatic carbocycles. The van der Waals surface area contributed by atoms with E-state index >= 15 is 0 Å². The second-order valence-electron chi connectivity index (χ2n) is 4.84. The van der Waals surface area contributed by atoms with E-state index in [0.29, 0.717) is 5.57 Å². The first-order valence-corrected chi connectivity index (χ1v) is 6.73. The molecule has 0 radical (unpaired) electrons. The molecule has 0 saturated carbocycles. The molecule has 0 unspecified atom stereocenters. The normalized spacial score (nSPS) is 18.0. The molecule has 0 amide bonds. The first kappa shape index (κ1) is 13.7. The van der Waals surface area contributed by atoms with Crippen LogP contribution in [0.2, 0.25) is 0 Å². The van der Waals surface area contributed by atoms with Crippen LogP contribution in [-0.4, -0.2) is 12.4 Å². The van der Waals surface area contributed by atoms with E-state index < -0.39 is 12.4 Å². The Bertz CT molecular complexity index is 388.